The predicted molar refractivity (Wildman–Crippen MR) is 68.1 cm³/mol. The Kier molecular flexibility index (Phi) is 3.14. The fraction of sp³-hybridized carbons (Fsp3) is 0.417. The number of nitrogens with zero attached hydrogens (tertiary/aromatic N) is 1. The van der Waals surface area contributed by atoms with Crippen LogP contribution in [0.4, 0.5) is 4.79 Å². The molecule has 1 aliphatic heterocycles. The van der Waals surface area contributed by atoms with Crippen molar-refractivity contribution < 1.29 is 9.63 Å². The molecule has 2 rings (SSSR count). The third-order valence-corrected chi connectivity index (χ3v) is 2.75. The predicted octanol–water partition coefficient (Wildman–Crippen LogP) is 3.20. The van der Waals surface area contributed by atoms with Gasteiger partial charge in [0.05, 0.1) is 0 Å². The fourth-order valence-corrected chi connectivity index (χ4v) is 1.70. The Morgan fingerprint density at radius 1 is 1.35 bits per heavy atom. The first-order chi connectivity index (χ1) is 7.87. The average Bonchev–Trinajstić information content (AvgIpc) is 2.96. The van der Waals surface area contributed by atoms with Gasteiger partial charge in [-0.05, 0) is 32.9 Å². The van der Waals surface area contributed by atoms with E-state index in [1.54, 1.807) is 0 Å². The molecule has 1 saturated heterocycles. The smallest absolute Gasteiger partial charge is 0.332 e. The fourth-order valence-electron chi connectivity index (χ4n) is 1.43. The van der Waals surface area contributed by atoms with Gasteiger partial charge in [0, 0.05) is 15.6 Å². The number of amides is 2. The van der Waals surface area contributed by atoms with Gasteiger partial charge in [0.2, 0.25) is 6.23 Å². The maximum atomic E-state index is 11.8. The monoisotopic (exact) mass is 298 g/mol. The molecule has 0 saturated carbocycles. The lowest BCUT2D eigenvalue weighted by atomic mass is 10.1. The van der Waals surface area contributed by atoms with E-state index in [0.29, 0.717) is 0 Å². The van der Waals surface area contributed by atoms with E-state index in [9.17, 15) is 4.79 Å². The highest BCUT2D eigenvalue weighted by Crippen LogP contribution is 2.37. The average molecular weight is 299 g/mol. The quantitative estimate of drug-likeness (QED) is 0.809. The van der Waals surface area contributed by atoms with Crippen LogP contribution in [-0.4, -0.2) is 16.6 Å². The first-order valence-corrected chi connectivity index (χ1v) is 6.20. The third kappa shape index (κ3) is 3.20. The zero-order valence-corrected chi connectivity index (χ0v) is 11.6. The van der Waals surface area contributed by atoms with Crippen molar-refractivity contribution in [2.45, 2.75) is 32.5 Å². The topological polar surface area (TPSA) is 44.6 Å². The van der Waals surface area contributed by atoms with Crippen LogP contribution in [-0.2, 0) is 4.84 Å². The SMILES string of the molecule is CC(C)(C)NC(=O)N1OC1c1ccc(Br)cc1. The minimum Gasteiger partial charge on any atom is -0.332 e. The van der Waals surface area contributed by atoms with Gasteiger partial charge in [0.15, 0.2) is 0 Å². The van der Waals surface area contributed by atoms with Gasteiger partial charge in [0.1, 0.15) is 0 Å². The first kappa shape index (κ1) is 12.4. The largest absolute Gasteiger partial charge is 0.344 e. The summed E-state index contributed by atoms with van der Waals surface area (Å²) in [4.78, 5) is 17.0. The lowest BCUT2D eigenvalue weighted by Gasteiger charge is -2.19. The molecule has 92 valence electrons. The van der Waals surface area contributed by atoms with Gasteiger partial charge in [-0.3, -0.25) is 0 Å². The van der Waals surface area contributed by atoms with Crippen LogP contribution in [0.5, 0.6) is 0 Å². The van der Waals surface area contributed by atoms with E-state index >= 15 is 0 Å². The Morgan fingerprint density at radius 3 is 2.47 bits per heavy atom. The van der Waals surface area contributed by atoms with E-state index in [1.165, 1.54) is 5.06 Å². The van der Waals surface area contributed by atoms with Crippen LogP contribution >= 0.6 is 15.9 Å². The number of halogens is 1. The van der Waals surface area contributed by atoms with Crippen molar-refractivity contribution in [1.82, 2.24) is 10.4 Å². The summed E-state index contributed by atoms with van der Waals surface area (Å²) < 4.78 is 1.01. The van der Waals surface area contributed by atoms with Crippen molar-refractivity contribution in [2.24, 2.45) is 0 Å². The first-order valence-electron chi connectivity index (χ1n) is 5.40. The van der Waals surface area contributed by atoms with Crippen molar-refractivity contribution in [2.75, 3.05) is 0 Å². The molecule has 0 spiro atoms. The van der Waals surface area contributed by atoms with Gasteiger partial charge < -0.3 is 5.32 Å². The van der Waals surface area contributed by atoms with E-state index in [-0.39, 0.29) is 17.8 Å². The van der Waals surface area contributed by atoms with E-state index < -0.39 is 0 Å². The van der Waals surface area contributed by atoms with Gasteiger partial charge in [-0.2, -0.15) is 5.06 Å². The second-order valence-electron chi connectivity index (χ2n) is 5.02. The summed E-state index contributed by atoms with van der Waals surface area (Å²) in [7, 11) is 0. The molecule has 1 heterocycles. The van der Waals surface area contributed by atoms with Gasteiger partial charge in [0.25, 0.3) is 0 Å². The lowest BCUT2D eigenvalue weighted by molar-refractivity contribution is 0.169. The lowest BCUT2D eigenvalue weighted by Crippen LogP contribution is -2.43. The van der Waals surface area contributed by atoms with Crippen molar-refractivity contribution in [3.8, 4) is 0 Å². The van der Waals surface area contributed by atoms with Crippen LogP contribution in [0, 0.1) is 0 Å². The molecular weight excluding hydrogens is 284 g/mol. The van der Waals surface area contributed by atoms with Crippen molar-refractivity contribution >= 4 is 22.0 Å². The van der Waals surface area contributed by atoms with Gasteiger partial charge in [-0.15, -0.1) is 0 Å². The highest BCUT2D eigenvalue weighted by atomic mass is 79.9. The van der Waals surface area contributed by atoms with E-state index in [2.05, 4.69) is 21.2 Å². The van der Waals surface area contributed by atoms with Gasteiger partial charge in [-0.1, -0.05) is 28.1 Å². The Hall–Kier alpha value is -1.07. The van der Waals surface area contributed by atoms with Gasteiger partial charge in [-0.25, -0.2) is 9.63 Å². The normalized spacial score (nSPS) is 19.1. The molecule has 1 aliphatic rings. The number of rotatable bonds is 1. The molecule has 1 aromatic carbocycles. The molecule has 1 aromatic rings. The number of hydrogen-bond acceptors (Lipinski definition) is 2. The molecule has 1 unspecified atom stereocenters. The van der Waals surface area contributed by atoms with Crippen LogP contribution in [0.15, 0.2) is 28.7 Å². The highest BCUT2D eigenvalue weighted by molar-refractivity contribution is 9.10. The molecule has 2 amide bonds. The van der Waals surface area contributed by atoms with Crippen molar-refractivity contribution in [3.05, 3.63) is 34.3 Å². The second-order valence-corrected chi connectivity index (χ2v) is 5.93. The number of carbonyl (C=O) groups excluding carboxylic acids is 1. The maximum Gasteiger partial charge on any atom is 0.344 e. The number of hydrogen-bond donors (Lipinski definition) is 1. The highest BCUT2D eigenvalue weighted by Gasteiger charge is 2.43. The number of benzene rings is 1. The summed E-state index contributed by atoms with van der Waals surface area (Å²) in [6.07, 6.45) is -0.259. The van der Waals surface area contributed by atoms with Crippen LogP contribution < -0.4 is 5.32 Å². The number of hydroxylamine groups is 2. The molecule has 17 heavy (non-hydrogen) atoms. The third-order valence-electron chi connectivity index (χ3n) is 2.22. The molecule has 0 aliphatic carbocycles. The summed E-state index contributed by atoms with van der Waals surface area (Å²) in [5.41, 5.74) is 0.713. The number of urea groups is 1. The van der Waals surface area contributed by atoms with Crippen LogP contribution in [0.25, 0.3) is 0 Å². The molecule has 0 bridgehead atoms. The molecule has 1 atom stereocenters. The number of carbonyl (C=O) groups is 1. The summed E-state index contributed by atoms with van der Waals surface area (Å²) in [5, 5.41) is 4.19. The van der Waals surface area contributed by atoms with E-state index in [0.717, 1.165) is 10.0 Å². The summed E-state index contributed by atoms with van der Waals surface area (Å²) in [5.74, 6) is 0. The zero-order valence-electron chi connectivity index (χ0n) is 10.0. The Balaban J connectivity index is 1.96. The minimum atomic E-state index is -0.259. The van der Waals surface area contributed by atoms with E-state index in [4.69, 9.17) is 4.84 Å². The standard InChI is InChI=1S/C12H15BrN2O2/c1-12(2,3)14-11(16)15-10(17-15)8-4-6-9(13)7-5-8/h4-7,10H,1-3H3,(H,14,16). The van der Waals surface area contributed by atoms with E-state index in [1.807, 2.05) is 45.0 Å². The number of nitrogens with one attached hydrogen (secondary N) is 1. The molecule has 0 aromatic heterocycles. The summed E-state index contributed by atoms with van der Waals surface area (Å²) in [6, 6.07) is 7.51. The Labute approximate surface area is 109 Å². The zero-order chi connectivity index (χ0) is 12.6. The Bertz CT molecular complexity index is 425. The van der Waals surface area contributed by atoms with Crippen LogP contribution in [0.3, 0.4) is 0 Å². The second kappa shape index (κ2) is 4.31. The molecular formula is C12H15BrN2O2. The van der Waals surface area contributed by atoms with Crippen molar-refractivity contribution in [3.63, 3.8) is 0 Å². The van der Waals surface area contributed by atoms with Crippen LogP contribution in [0.1, 0.15) is 32.6 Å². The van der Waals surface area contributed by atoms with Crippen molar-refractivity contribution in [1.29, 1.82) is 0 Å². The maximum absolute atomic E-state index is 11.8. The van der Waals surface area contributed by atoms with Gasteiger partial charge >= 0.3 is 6.03 Å². The van der Waals surface area contributed by atoms with Crippen LogP contribution in [0.2, 0.25) is 0 Å². The molecule has 1 fully saturated rings. The minimum absolute atomic E-state index is 0.203. The molecule has 0 radical (unpaired) electrons. The molecule has 5 heteroatoms. The summed E-state index contributed by atoms with van der Waals surface area (Å²) in [6.45, 7) is 5.80. The Morgan fingerprint density at radius 2 is 1.94 bits per heavy atom. The summed E-state index contributed by atoms with van der Waals surface area (Å²) >= 11 is 3.37. The molecule has 4 nitrogen and oxygen atoms in total. The molecule has 1 N–H and O–H groups in total.